The first-order chi connectivity index (χ1) is 16.8. The second kappa shape index (κ2) is 10.1. The van der Waals surface area contributed by atoms with Crippen LogP contribution in [-0.4, -0.2) is 29.5 Å². The van der Waals surface area contributed by atoms with E-state index in [1.807, 2.05) is 13.0 Å². The highest BCUT2D eigenvalue weighted by Crippen LogP contribution is 2.29. The van der Waals surface area contributed by atoms with Crippen LogP contribution >= 0.6 is 23.2 Å². The Kier molecular flexibility index (Phi) is 6.95. The highest BCUT2D eigenvalue weighted by Gasteiger charge is 2.23. The van der Waals surface area contributed by atoms with Crippen LogP contribution in [0.15, 0.2) is 66.7 Å². The summed E-state index contributed by atoms with van der Waals surface area (Å²) in [5.41, 5.74) is 4.77. The van der Waals surface area contributed by atoms with Gasteiger partial charge in [-0.25, -0.2) is 4.68 Å². The van der Waals surface area contributed by atoms with Crippen LogP contribution in [0.1, 0.15) is 16.1 Å². The normalized spacial score (nSPS) is 10.6. The van der Waals surface area contributed by atoms with E-state index in [0.29, 0.717) is 33.0 Å². The minimum absolute atomic E-state index is 0.0623. The molecule has 0 fully saturated rings. The van der Waals surface area contributed by atoms with E-state index in [2.05, 4.69) is 16.1 Å². The summed E-state index contributed by atoms with van der Waals surface area (Å²) in [6.07, 6.45) is 0. The van der Waals surface area contributed by atoms with Gasteiger partial charge in [-0.2, -0.15) is 0 Å². The van der Waals surface area contributed by atoms with Gasteiger partial charge in [-0.3, -0.25) is 19.8 Å². The fraction of sp³-hybridized carbons (Fsp3) is 0.0800. The molecule has 3 N–H and O–H groups in total. The molecule has 0 aliphatic heterocycles. The molecule has 0 bridgehead atoms. The van der Waals surface area contributed by atoms with Crippen LogP contribution in [0.4, 0.5) is 11.4 Å². The van der Waals surface area contributed by atoms with Gasteiger partial charge < -0.3 is 15.4 Å². The van der Waals surface area contributed by atoms with Gasteiger partial charge in [0.05, 0.1) is 17.2 Å². The molecular weight excluding hydrogens is 491 g/mol. The number of hydrogen-bond donors (Lipinski definition) is 3. The number of carbonyl (C=O) groups is 3. The van der Waals surface area contributed by atoms with Crippen molar-refractivity contribution in [3.05, 3.63) is 88.0 Å². The Balaban J connectivity index is 1.67. The molecule has 0 radical (unpaired) electrons. The van der Waals surface area contributed by atoms with E-state index in [0.717, 1.165) is 5.56 Å². The monoisotopic (exact) mass is 510 g/mol. The number of halogens is 2. The van der Waals surface area contributed by atoms with Gasteiger partial charge in [-0.15, -0.1) is 0 Å². The van der Waals surface area contributed by atoms with E-state index >= 15 is 0 Å². The number of para-hydroxylation sites is 1. The van der Waals surface area contributed by atoms with Crippen molar-refractivity contribution in [3.8, 4) is 5.75 Å². The SMILES string of the molecule is COc1cccc2cc(C(=O)Nc3ccc(Cl)c(Cl)c3)n(NC(=O)C(=O)Nc3cccc(C)c3)c12. The van der Waals surface area contributed by atoms with Gasteiger partial charge in [0.25, 0.3) is 5.91 Å². The zero-order valence-electron chi connectivity index (χ0n) is 18.7. The molecule has 0 spiro atoms. The molecule has 0 saturated heterocycles. The quantitative estimate of drug-likeness (QED) is 0.320. The number of amides is 3. The van der Waals surface area contributed by atoms with Gasteiger partial charge >= 0.3 is 11.8 Å². The predicted octanol–water partition coefficient (Wildman–Crippen LogP) is 5.23. The molecule has 0 aliphatic rings. The molecule has 4 rings (SSSR count). The fourth-order valence-corrected chi connectivity index (χ4v) is 3.81. The van der Waals surface area contributed by atoms with Crippen LogP contribution in [-0.2, 0) is 9.59 Å². The van der Waals surface area contributed by atoms with E-state index < -0.39 is 17.7 Å². The van der Waals surface area contributed by atoms with Crippen LogP contribution in [0.5, 0.6) is 5.75 Å². The van der Waals surface area contributed by atoms with Crippen molar-refractivity contribution >= 4 is 63.2 Å². The lowest BCUT2D eigenvalue weighted by atomic mass is 10.2. The minimum atomic E-state index is -0.974. The first kappa shape index (κ1) is 24.1. The Morgan fingerprint density at radius 3 is 2.29 bits per heavy atom. The Morgan fingerprint density at radius 1 is 0.829 bits per heavy atom. The van der Waals surface area contributed by atoms with Gasteiger partial charge in [0.15, 0.2) is 0 Å². The number of ether oxygens (including phenoxy) is 1. The number of anilines is 2. The summed E-state index contributed by atoms with van der Waals surface area (Å²) < 4.78 is 6.64. The smallest absolute Gasteiger partial charge is 0.328 e. The van der Waals surface area contributed by atoms with Crippen molar-refractivity contribution in [1.29, 1.82) is 0 Å². The average molecular weight is 511 g/mol. The number of aromatic nitrogens is 1. The molecule has 178 valence electrons. The number of hydrogen-bond acceptors (Lipinski definition) is 4. The summed E-state index contributed by atoms with van der Waals surface area (Å²) >= 11 is 12.0. The van der Waals surface area contributed by atoms with Crippen molar-refractivity contribution in [2.24, 2.45) is 0 Å². The number of aryl methyl sites for hydroxylation is 1. The largest absolute Gasteiger partial charge is 0.494 e. The second-order valence-electron chi connectivity index (χ2n) is 7.61. The molecule has 4 aromatic rings. The molecule has 1 heterocycles. The highest BCUT2D eigenvalue weighted by molar-refractivity contribution is 6.43. The van der Waals surface area contributed by atoms with E-state index in [1.54, 1.807) is 54.6 Å². The zero-order valence-corrected chi connectivity index (χ0v) is 20.2. The number of nitrogens with one attached hydrogen (secondary N) is 3. The third-order valence-electron chi connectivity index (χ3n) is 5.11. The molecule has 0 unspecified atom stereocenters. The zero-order chi connectivity index (χ0) is 25.1. The number of benzene rings is 3. The maximum atomic E-state index is 13.2. The molecule has 8 nitrogen and oxygen atoms in total. The van der Waals surface area contributed by atoms with Crippen molar-refractivity contribution in [2.45, 2.75) is 6.92 Å². The molecule has 1 aromatic heterocycles. The van der Waals surface area contributed by atoms with Crippen LogP contribution in [0.25, 0.3) is 10.9 Å². The Morgan fingerprint density at radius 2 is 1.57 bits per heavy atom. The molecular formula is C25H20Cl2N4O4. The average Bonchev–Trinajstić information content (AvgIpc) is 3.20. The summed E-state index contributed by atoms with van der Waals surface area (Å²) in [6, 6.07) is 18.4. The van der Waals surface area contributed by atoms with Crippen LogP contribution in [0.2, 0.25) is 10.0 Å². The predicted molar refractivity (Wildman–Crippen MR) is 137 cm³/mol. The van der Waals surface area contributed by atoms with E-state index in [1.165, 1.54) is 17.9 Å². The third-order valence-corrected chi connectivity index (χ3v) is 5.85. The van der Waals surface area contributed by atoms with Crippen LogP contribution in [0.3, 0.4) is 0 Å². The maximum absolute atomic E-state index is 13.2. The maximum Gasteiger partial charge on any atom is 0.328 e. The first-order valence-electron chi connectivity index (χ1n) is 10.4. The summed E-state index contributed by atoms with van der Waals surface area (Å²) in [7, 11) is 1.47. The lowest BCUT2D eigenvalue weighted by molar-refractivity contribution is -0.133. The lowest BCUT2D eigenvalue weighted by Crippen LogP contribution is -2.36. The second-order valence-corrected chi connectivity index (χ2v) is 8.43. The van der Waals surface area contributed by atoms with Crippen molar-refractivity contribution in [2.75, 3.05) is 23.2 Å². The van der Waals surface area contributed by atoms with Gasteiger partial charge in [-0.1, -0.05) is 47.5 Å². The summed E-state index contributed by atoms with van der Waals surface area (Å²) in [4.78, 5) is 38.6. The van der Waals surface area contributed by atoms with Crippen LogP contribution in [0, 0.1) is 6.92 Å². The highest BCUT2D eigenvalue weighted by atomic mass is 35.5. The van der Waals surface area contributed by atoms with Crippen LogP contribution < -0.4 is 20.8 Å². The van der Waals surface area contributed by atoms with Crippen molar-refractivity contribution in [3.63, 3.8) is 0 Å². The molecule has 35 heavy (non-hydrogen) atoms. The van der Waals surface area contributed by atoms with Crippen molar-refractivity contribution < 1.29 is 19.1 Å². The number of rotatable bonds is 5. The summed E-state index contributed by atoms with van der Waals surface area (Å²) in [6.45, 7) is 1.87. The fourth-order valence-electron chi connectivity index (χ4n) is 3.51. The Labute approximate surface area is 210 Å². The number of carbonyl (C=O) groups excluding carboxylic acids is 3. The van der Waals surface area contributed by atoms with Gasteiger partial charge in [0.2, 0.25) is 0 Å². The molecule has 3 amide bonds. The molecule has 0 atom stereocenters. The standard InChI is InChI=1S/C25H20Cl2N4O4/c1-14-5-3-7-16(11-14)29-24(33)25(34)30-31-20(12-15-6-4-8-21(35-2)22(15)31)23(32)28-17-9-10-18(26)19(27)13-17/h3-13H,1-2H3,(H,28,32)(H,29,33)(H,30,34). The number of fused-ring (bicyclic) bond motifs is 1. The molecule has 10 heteroatoms. The third kappa shape index (κ3) is 5.24. The van der Waals surface area contributed by atoms with Gasteiger partial charge in [-0.05, 0) is 55.0 Å². The van der Waals surface area contributed by atoms with Gasteiger partial charge in [0, 0.05) is 16.8 Å². The molecule has 3 aromatic carbocycles. The summed E-state index contributed by atoms with van der Waals surface area (Å²) in [5, 5.41) is 6.49. The lowest BCUT2D eigenvalue weighted by Gasteiger charge is -2.14. The first-order valence-corrected chi connectivity index (χ1v) is 11.2. The summed E-state index contributed by atoms with van der Waals surface area (Å²) in [5.74, 6) is -2.03. The van der Waals surface area contributed by atoms with E-state index in [-0.39, 0.29) is 10.7 Å². The van der Waals surface area contributed by atoms with E-state index in [4.69, 9.17) is 27.9 Å². The minimum Gasteiger partial charge on any atom is -0.494 e. The Hall–Kier alpha value is -4.01. The molecule has 0 saturated carbocycles. The Bertz CT molecular complexity index is 1470. The van der Waals surface area contributed by atoms with E-state index in [9.17, 15) is 14.4 Å². The topological polar surface area (TPSA) is 101 Å². The number of nitrogens with zero attached hydrogens (tertiary/aromatic N) is 1. The molecule has 0 aliphatic carbocycles. The van der Waals surface area contributed by atoms with Crippen molar-refractivity contribution in [1.82, 2.24) is 4.68 Å². The number of methoxy groups -OCH3 is 1. The van der Waals surface area contributed by atoms with Gasteiger partial charge in [0.1, 0.15) is 17.0 Å².